The van der Waals surface area contributed by atoms with Crippen molar-refractivity contribution in [3.63, 3.8) is 0 Å². The molecule has 0 spiro atoms. The van der Waals surface area contributed by atoms with E-state index >= 15 is 0 Å². The molecule has 0 unspecified atom stereocenters. The molecule has 1 aliphatic rings. The highest BCUT2D eigenvalue weighted by molar-refractivity contribution is 5.76. The summed E-state index contributed by atoms with van der Waals surface area (Å²) < 4.78 is 0. The van der Waals surface area contributed by atoms with E-state index in [9.17, 15) is 5.11 Å². The molecule has 1 heteroatoms. The normalized spacial score (nSPS) is 15.7. The van der Waals surface area contributed by atoms with Crippen molar-refractivity contribution < 1.29 is 5.11 Å². The second kappa shape index (κ2) is 5.73. The zero-order valence-electron chi connectivity index (χ0n) is 14.6. The molecule has 0 aliphatic heterocycles. The van der Waals surface area contributed by atoms with Gasteiger partial charge in [0.25, 0.3) is 0 Å². The molecule has 1 aliphatic carbocycles. The van der Waals surface area contributed by atoms with Gasteiger partial charge in [-0.1, -0.05) is 53.1 Å². The Balaban J connectivity index is 2.26. The van der Waals surface area contributed by atoms with Gasteiger partial charge in [-0.15, -0.1) is 0 Å². The lowest BCUT2D eigenvalue weighted by atomic mass is 9.83. The van der Waals surface area contributed by atoms with Crippen molar-refractivity contribution in [3.8, 4) is 16.9 Å². The predicted molar refractivity (Wildman–Crippen MR) is 97.8 cm³/mol. The van der Waals surface area contributed by atoms with E-state index in [1.54, 1.807) is 6.07 Å². The quantitative estimate of drug-likeness (QED) is 0.706. The van der Waals surface area contributed by atoms with Gasteiger partial charge in [0.15, 0.2) is 0 Å². The van der Waals surface area contributed by atoms with Gasteiger partial charge in [0.1, 0.15) is 5.75 Å². The molecule has 23 heavy (non-hydrogen) atoms. The van der Waals surface area contributed by atoms with Gasteiger partial charge in [0.2, 0.25) is 0 Å². The molecule has 118 valence electrons. The van der Waals surface area contributed by atoms with Crippen molar-refractivity contribution in [2.75, 3.05) is 0 Å². The Kier molecular flexibility index (Phi) is 3.89. The first-order valence-corrected chi connectivity index (χ1v) is 8.16. The second-order valence-corrected chi connectivity index (χ2v) is 6.66. The number of para-hydroxylation sites is 1. The highest BCUT2D eigenvalue weighted by Gasteiger charge is 2.28. The Hall–Kier alpha value is -2.28. The van der Waals surface area contributed by atoms with Crippen molar-refractivity contribution in [1.29, 1.82) is 0 Å². The van der Waals surface area contributed by atoms with Crippen LogP contribution in [0.4, 0.5) is 0 Å². The maximum atomic E-state index is 10.3. The molecule has 3 rings (SSSR count). The summed E-state index contributed by atoms with van der Waals surface area (Å²) in [7, 11) is 0. The number of benzene rings is 2. The summed E-state index contributed by atoms with van der Waals surface area (Å²) in [6, 6.07) is 14.1. The predicted octanol–water partition coefficient (Wildman–Crippen LogP) is 6.14. The molecule has 0 heterocycles. The van der Waals surface area contributed by atoms with E-state index in [4.69, 9.17) is 0 Å². The van der Waals surface area contributed by atoms with E-state index in [0.29, 0.717) is 11.7 Å². The van der Waals surface area contributed by atoms with E-state index in [2.05, 4.69) is 52.8 Å². The number of aromatic hydroxyl groups is 1. The van der Waals surface area contributed by atoms with Gasteiger partial charge in [-0.25, -0.2) is 0 Å². The summed E-state index contributed by atoms with van der Waals surface area (Å²) in [4.78, 5) is 0. The maximum Gasteiger partial charge on any atom is 0.123 e. The highest BCUT2D eigenvalue weighted by Crippen LogP contribution is 2.47. The standard InChI is InChI=1S/C22H24O/c1-13-10-11-18(19-8-6-7-9-21(19)23)20(12-13)22-16(4)14(2)15(3)17(22)5/h6-12,22-23H,1-5H3. The Morgan fingerprint density at radius 3 is 1.96 bits per heavy atom. The largest absolute Gasteiger partial charge is 0.507 e. The third kappa shape index (κ3) is 2.50. The fourth-order valence-electron chi connectivity index (χ4n) is 3.68. The lowest BCUT2D eigenvalue weighted by Gasteiger charge is -2.21. The lowest BCUT2D eigenvalue weighted by Crippen LogP contribution is -2.03. The maximum absolute atomic E-state index is 10.3. The number of aryl methyl sites for hydroxylation is 1. The summed E-state index contributed by atoms with van der Waals surface area (Å²) in [5.41, 5.74) is 10.2. The van der Waals surface area contributed by atoms with Gasteiger partial charge in [-0.2, -0.15) is 0 Å². The molecule has 0 fully saturated rings. The van der Waals surface area contributed by atoms with Crippen LogP contribution in [0.15, 0.2) is 64.8 Å². The van der Waals surface area contributed by atoms with Crippen molar-refractivity contribution in [2.24, 2.45) is 0 Å². The van der Waals surface area contributed by atoms with Gasteiger partial charge in [0, 0.05) is 11.5 Å². The minimum Gasteiger partial charge on any atom is -0.507 e. The molecule has 2 aromatic carbocycles. The Bertz CT molecular complexity index is 813. The van der Waals surface area contributed by atoms with Crippen LogP contribution in [0.2, 0.25) is 0 Å². The molecule has 2 aromatic rings. The van der Waals surface area contributed by atoms with Gasteiger partial charge in [-0.3, -0.25) is 0 Å². The van der Waals surface area contributed by atoms with E-state index in [1.165, 1.54) is 33.4 Å². The Morgan fingerprint density at radius 1 is 0.739 bits per heavy atom. The van der Waals surface area contributed by atoms with Gasteiger partial charge < -0.3 is 5.11 Å². The van der Waals surface area contributed by atoms with E-state index in [0.717, 1.165) is 11.1 Å². The number of rotatable bonds is 2. The first kappa shape index (κ1) is 15.6. The number of hydrogen-bond acceptors (Lipinski definition) is 1. The van der Waals surface area contributed by atoms with Gasteiger partial charge >= 0.3 is 0 Å². The fourth-order valence-corrected chi connectivity index (χ4v) is 3.68. The van der Waals surface area contributed by atoms with E-state index in [1.807, 2.05) is 18.2 Å². The summed E-state index contributed by atoms with van der Waals surface area (Å²) in [5.74, 6) is 0.650. The zero-order valence-corrected chi connectivity index (χ0v) is 14.6. The first-order chi connectivity index (χ1) is 10.9. The number of phenols is 1. The highest BCUT2D eigenvalue weighted by atomic mass is 16.3. The second-order valence-electron chi connectivity index (χ2n) is 6.66. The summed E-state index contributed by atoms with van der Waals surface area (Å²) >= 11 is 0. The fraction of sp³-hybridized carbons (Fsp3) is 0.273. The van der Waals surface area contributed by atoms with Crippen LogP contribution in [0.25, 0.3) is 11.1 Å². The van der Waals surface area contributed by atoms with Crippen LogP contribution in [0.5, 0.6) is 5.75 Å². The third-order valence-corrected chi connectivity index (χ3v) is 5.32. The molecular formula is C22H24O. The molecule has 1 nitrogen and oxygen atoms in total. The SMILES string of the molecule is CC1=C(C)C(c2cc(C)ccc2-c2ccccc2O)C(C)=C1C. The number of hydrogen-bond donors (Lipinski definition) is 1. The average Bonchev–Trinajstić information content (AvgIpc) is 2.72. The lowest BCUT2D eigenvalue weighted by molar-refractivity contribution is 0.477. The van der Waals surface area contributed by atoms with Crippen LogP contribution < -0.4 is 0 Å². The third-order valence-electron chi connectivity index (χ3n) is 5.32. The van der Waals surface area contributed by atoms with Crippen LogP contribution in [0.3, 0.4) is 0 Å². The van der Waals surface area contributed by atoms with Crippen LogP contribution >= 0.6 is 0 Å². The van der Waals surface area contributed by atoms with Crippen LogP contribution in [-0.2, 0) is 0 Å². The molecule has 0 atom stereocenters. The van der Waals surface area contributed by atoms with Gasteiger partial charge in [-0.05, 0) is 63.0 Å². The Labute approximate surface area is 139 Å². The van der Waals surface area contributed by atoms with Crippen LogP contribution in [0.1, 0.15) is 44.7 Å². The van der Waals surface area contributed by atoms with Crippen LogP contribution in [-0.4, -0.2) is 5.11 Å². The molecule has 0 saturated carbocycles. The minimum absolute atomic E-state index is 0.310. The topological polar surface area (TPSA) is 20.2 Å². The average molecular weight is 304 g/mol. The molecular weight excluding hydrogens is 280 g/mol. The summed E-state index contributed by atoms with van der Waals surface area (Å²) in [6.45, 7) is 11.0. The van der Waals surface area contributed by atoms with Crippen molar-refractivity contribution in [2.45, 2.75) is 40.5 Å². The van der Waals surface area contributed by atoms with Crippen molar-refractivity contribution >= 4 is 0 Å². The van der Waals surface area contributed by atoms with Gasteiger partial charge in [0.05, 0.1) is 0 Å². The van der Waals surface area contributed by atoms with E-state index in [-0.39, 0.29) is 0 Å². The molecule has 1 N–H and O–H groups in total. The molecule has 0 aromatic heterocycles. The molecule has 0 saturated heterocycles. The van der Waals surface area contributed by atoms with E-state index < -0.39 is 0 Å². The Morgan fingerprint density at radius 2 is 1.35 bits per heavy atom. The van der Waals surface area contributed by atoms with Crippen molar-refractivity contribution in [3.05, 3.63) is 75.9 Å². The summed E-state index contributed by atoms with van der Waals surface area (Å²) in [6.07, 6.45) is 0. The summed E-state index contributed by atoms with van der Waals surface area (Å²) in [5, 5.41) is 10.3. The monoisotopic (exact) mass is 304 g/mol. The van der Waals surface area contributed by atoms with Crippen LogP contribution in [0, 0.1) is 6.92 Å². The zero-order chi connectivity index (χ0) is 16.7. The van der Waals surface area contributed by atoms with Crippen molar-refractivity contribution in [1.82, 2.24) is 0 Å². The first-order valence-electron chi connectivity index (χ1n) is 8.16. The number of allylic oxidation sites excluding steroid dienone is 4. The number of phenolic OH excluding ortho intramolecular Hbond substituents is 1. The minimum atomic E-state index is 0.310. The molecule has 0 bridgehead atoms. The molecule has 0 amide bonds. The smallest absolute Gasteiger partial charge is 0.123 e. The molecule has 0 radical (unpaired) electrons.